The first kappa shape index (κ1) is 12.4. The van der Waals surface area contributed by atoms with Crippen molar-refractivity contribution in [2.75, 3.05) is 0 Å². The van der Waals surface area contributed by atoms with Gasteiger partial charge in [-0.05, 0) is 17.9 Å². The van der Waals surface area contributed by atoms with Crippen LogP contribution in [0.15, 0.2) is 18.2 Å². The van der Waals surface area contributed by atoms with E-state index in [4.69, 9.17) is 14.3 Å². The molecule has 0 aromatic heterocycles. The fraction of sp³-hybridized carbons (Fsp3) is 0.455. The van der Waals surface area contributed by atoms with E-state index < -0.39 is 8.60 Å². The largest absolute Gasteiger partial charge is 0.426 e. The molecule has 3 nitrogen and oxygen atoms in total. The highest BCUT2D eigenvalue weighted by atomic mass is 31.2. The van der Waals surface area contributed by atoms with Crippen molar-refractivity contribution >= 4 is 8.60 Å². The molecule has 0 spiro atoms. The summed E-state index contributed by atoms with van der Waals surface area (Å²) in [4.78, 5) is 17.8. The SMILES string of the molecule is Cc1cccc(C(C)(C)C)c1OP(O)O. The minimum Gasteiger partial charge on any atom is -0.426 e. The summed E-state index contributed by atoms with van der Waals surface area (Å²) < 4.78 is 5.08. The van der Waals surface area contributed by atoms with Gasteiger partial charge in [0, 0.05) is 5.56 Å². The van der Waals surface area contributed by atoms with Crippen molar-refractivity contribution in [2.24, 2.45) is 0 Å². The molecule has 0 aliphatic carbocycles. The lowest BCUT2D eigenvalue weighted by Crippen LogP contribution is -2.13. The summed E-state index contributed by atoms with van der Waals surface area (Å²) in [6.07, 6.45) is 0. The van der Waals surface area contributed by atoms with E-state index in [1.54, 1.807) is 0 Å². The van der Waals surface area contributed by atoms with E-state index in [0.717, 1.165) is 11.1 Å². The fourth-order valence-corrected chi connectivity index (χ4v) is 1.85. The van der Waals surface area contributed by atoms with E-state index in [2.05, 4.69) is 20.8 Å². The van der Waals surface area contributed by atoms with Crippen LogP contribution in [0.1, 0.15) is 31.9 Å². The maximum atomic E-state index is 8.92. The average Bonchev–Trinajstić information content (AvgIpc) is 2.05. The first-order chi connectivity index (χ1) is 6.82. The van der Waals surface area contributed by atoms with E-state index >= 15 is 0 Å². The smallest absolute Gasteiger partial charge is 0.391 e. The zero-order valence-electron chi connectivity index (χ0n) is 9.48. The van der Waals surface area contributed by atoms with Crippen LogP contribution >= 0.6 is 8.60 Å². The molecule has 0 bridgehead atoms. The lowest BCUT2D eigenvalue weighted by Gasteiger charge is -2.23. The van der Waals surface area contributed by atoms with Gasteiger partial charge < -0.3 is 14.3 Å². The van der Waals surface area contributed by atoms with Crippen LogP contribution in [0.2, 0.25) is 0 Å². The molecule has 0 radical (unpaired) electrons. The second kappa shape index (κ2) is 4.48. The minimum absolute atomic E-state index is 0.0767. The third-order valence-electron chi connectivity index (χ3n) is 2.19. The van der Waals surface area contributed by atoms with E-state index in [9.17, 15) is 0 Å². The summed E-state index contributed by atoms with van der Waals surface area (Å²) in [6.45, 7) is 8.08. The van der Waals surface area contributed by atoms with Crippen LogP contribution in [-0.4, -0.2) is 9.79 Å². The molecule has 0 heterocycles. The van der Waals surface area contributed by atoms with Crippen molar-refractivity contribution in [1.29, 1.82) is 0 Å². The molecule has 4 heteroatoms. The Morgan fingerprint density at radius 1 is 1.20 bits per heavy atom. The average molecular weight is 228 g/mol. The summed E-state index contributed by atoms with van der Waals surface area (Å²) in [5, 5.41) is 0. The highest BCUT2D eigenvalue weighted by Gasteiger charge is 2.21. The predicted octanol–water partition coefficient (Wildman–Crippen LogP) is 2.88. The van der Waals surface area contributed by atoms with Crippen molar-refractivity contribution in [2.45, 2.75) is 33.1 Å². The molecule has 0 saturated heterocycles. The molecule has 15 heavy (non-hydrogen) atoms. The van der Waals surface area contributed by atoms with Crippen LogP contribution in [0.3, 0.4) is 0 Å². The molecule has 0 unspecified atom stereocenters. The highest BCUT2D eigenvalue weighted by molar-refractivity contribution is 7.39. The van der Waals surface area contributed by atoms with Crippen LogP contribution in [0.4, 0.5) is 0 Å². The van der Waals surface area contributed by atoms with Crippen molar-refractivity contribution in [3.8, 4) is 5.75 Å². The standard InChI is InChI=1S/C11H17O3P/c1-8-6-5-7-9(11(2,3)4)10(8)14-15(12)13/h5-7,12-13H,1-4H3. The van der Waals surface area contributed by atoms with Gasteiger partial charge in [0.1, 0.15) is 5.75 Å². The van der Waals surface area contributed by atoms with Gasteiger partial charge in [-0.15, -0.1) is 0 Å². The minimum atomic E-state index is -2.36. The first-order valence-electron chi connectivity index (χ1n) is 4.78. The molecule has 0 fully saturated rings. The first-order valence-corrected chi connectivity index (χ1v) is 5.95. The molecule has 1 aromatic carbocycles. The van der Waals surface area contributed by atoms with Crippen molar-refractivity contribution < 1.29 is 14.3 Å². The number of rotatable bonds is 2. The Labute approximate surface area is 91.7 Å². The lowest BCUT2D eigenvalue weighted by atomic mass is 9.85. The molecule has 84 valence electrons. The molecule has 0 aliphatic rings. The number of para-hydroxylation sites is 1. The second-order valence-corrected chi connectivity index (χ2v) is 5.23. The Hall–Kier alpha value is -0.630. The quantitative estimate of drug-likeness (QED) is 0.765. The Morgan fingerprint density at radius 2 is 1.80 bits per heavy atom. The molecule has 0 amide bonds. The van der Waals surface area contributed by atoms with Gasteiger partial charge >= 0.3 is 8.60 Å². The van der Waals surface area contributed by atoms with E-state index in [0.29, 0.717) is 5.75 Å². The van der Waals surface area contributed by atoms with Crippen molar-refractivity contribution in [3.05, 3.63) is 29.3 Å². The van der Waals surface area contributed by atoms with Gasteiger partial charge in [0.25, 0.3) is 0 Å². The van der Waals surface area contributed by atoms with Crippen LogP contribution in [0, 0.1) is 6.92 Å². The summed E-state index contributed by atoms with van der Waals surface area (Å²) in [5.41, 5.74) is 1.82. The van der Waals surface area contributed by atoms with Gasteiger partial charge in [-0.3, -0.25) is 0 Å². The van der Waals surface area contributed by atoms with Crippen molar-refractivity contribution in [3.63, 3.8) is 0 Å². The molecular formula is C11H17O3P. The molecular weight excluding hydrogens is 211 g/mol. The molecule has 1 aromatic rings. The van der Waals surface area contributed by atoms with Gasteiger partial charge in [0.15, 0.2) is 0 Å². The summed E-state index contributed by atoms with van der Waals surface area (Å²) >= 11 is 0. The van der Waals surface area contributed by atoms with E-state index in [-0.39, 0.29) is 5.41 Å². The summed E-state index contributed by atoms with van der Waals surface area (Å²) in [7, 11) is -2.36. The molecule has 2 N–H and O–H groups in total. The monoisotopic (exact) mass is 228 g/mol. The van der Waals surface area contributed by atoms with Gasteiger partial charge in [-0.25, -0.2) is 0 Å². The Bertz CT molecular complexity index is 342. The topological polar surface area (TPSA) is 49.7 Å². The maximum absolute atomic E-state index is 8.92. The fourth-order valence-electron chi connectivity index (χ4n) is 1.45. The van der Waals surface area contributed by atoms with E-state index in [1.807, 2.05) is 25.1 Å². The summed E-state index contributed by atoms with van der Waals surface area (Å²) in [5.74, 6) is 0.584. The Balaban J connectivity index is 3.21. The molecule has 1 rings (SSSR count). The number of hydrogen-bond donors (Lipinski definition) is 2. The number of benzene rings is 1. The van der Waals surface area contributed by atoms with Gasteiger partial charge in [0.05, 0.1) is 0 Å². The van der Waals surface area contributed by atoms with Gasteiger partial charge in [-0.2, -0.15) is 0 Å². The number of aryl methyl sites for hydroxylation is 1. The third kappa shape index (κ3) is 3.16. The van der Waals surface area contributed by atoms with Gasteiger partial charge in [-0.1, -0.05) is 39.0 Å². The third-order valence-corrected chi connectivity index (χ3v) is 2.54. The Kier molecular flexibility index (Phi) is 3.72. The normalized spacial score (nSPS) is 11.9. The number of hydrogen-bond acceptors (Lipinski definition) is 3. The summed E-state index contributed by atoms with van der Waals surface area (Å²) in [6, 6.07) is 5.78. The molecule has 0 saturated carbocycles. The van der Waals surface area contributed by atoms with Crippen LogP contribution < -0.4 is 4.52 Å². The maximum Gasteiger partial charge on any atom is 0.391 e. The zero-order chi connectivity index (χ0) is 11.6. The van der Waals surface area contributed by atoms with Crippen LogP contribution in [0.25, 0.3) is 0 Å². The predicted molar refractivity (Wildman–Crippen MR) is 61.9 cm³/mol. The molecule has 0 aliphatic heterocycles. The van der Waals surface area contributed by atoms with E-state index in [1.165, 1.54) is 0 Å². The van der Waals surface area contributed by atoms with Crippen LogP contribution in [-0.2, 0) is 5.41 Å². The van der Waals surface area contributed by atoms with Gasteiger partial charge in [0.2, 0.25) is 0 Å². The van der Waals surface area contributed by atoms with Crippen molar-refractivity contribution in [1.82, 2.24) is 0 Å². The molecule has 0 atom stereocenters. The van der Waals surface area contributed by atoms with Crippen LogP contribution in [0.5, 0.6) is 5.75 Å². The zero-order valence-corrected chi connectivity index (χ0v) is 10.4. The second-order valence-electron chi connectivity index (χ2n) is 4.55. The highest BCUT2D eigenvalue weighted by Crippen LogP contribution is 2.39. The lowest BCUT2D eigenvalue weighted by molar-refractivity contribution is 0.368. The Morgan fingerprint density at radius 3 is 2.27 bits per heavy atom.